The number of fused-ring (bicyclic) bond motifs is 1. The van der Waals surface area contributed by atoms with Gasteiger partial charge in [-0.2, -0.15) is 0 Å². The molecular formula is C20H19ClN4O3S2. The summed E-state index contributed by atoms with van der Waals surface area (Å²) in [7, 11) is 1.65. The first-order chi connectivity index (χ1) is 14.6. The highest BCUT2D eigenvalue weighted by atomic mass is 35.5. The Morgan fingerprint density at radius 2 is 2.10 bits per heavy atom. The van der Waals surface area contributed by atoms with Gasteiger partial charge in [-0.05, 0) is 12.5 Å². The number of thiophene rings is 1. The highest BCUT2D eigenvalue weighted by molar-refractivity contribution is 7.98. The molecule has 3 heterocycles. The molecule has 156 valence electrons. The Hall–Kier alpha value is -2.20. The smallest absolute Gasteiger partial charge is 0.263 e. The van der Waals surface area contributed by atoms with E-state index in [9.17, 15) is 4.79 Å². The van der Waals surface area contributed by atoms with Crippen molar-refractivity contribution < 1.29 is 9.15 Å². The molecule has 0 unspecified atom stereocenters. The minimum Gasteiger partial charge on any atom is -0.425 e. The molecule has 0 saturated heterocycles. The van der Waals surface area contributed by atoms with Gasteiger partial charge in [0.2, 0.25) is 11.8 Å². The van der Waals surface area contributed by atoms with Gasteiger partial charge in [0, 0.05) is 48.7 Å². The molecule has 0 bridgehead atoms. The average Bonchev–Trinajstić information content (AvgIpc) is 3.35. The number of rotatable bonds is 8. The quantitative estimate of drug-likeness (QED) is 0.211. The second-order valence-corrected chi connectivity index (χ2v) is 8.72. The minimum absolute atomic E-state index is 0.0866. The Balaban J connectivity index is 1.78. The number of nitrogens with zero attached hydrogens (tertiary/aromatic N) is 4. The van der Waals surface area contributed by atoms with E-state index in [1.807, 2.05) is 29.6 Å². The van der Waals surface area contributed by atoms with Gasteiger partial charge in [0.05, 0.1) is 11.1 Å². The van der Waals surface area contributed by atoms with Crippen molar-refractivity contribution in [1.29, 1.82) is 0 Å². The molecule has 0 aliphatic carbocycles. The van der Waals surface area contributed by atoms with Crippen LogP contribution in [0.3, 0.4) is 0 Å². The van der Waals surface area contributed by atoms with E-state index in [1.54, 1.807) is 18.6 Å². The number of aromatic nitrogens is 4. The van der Waals surface area contributed by atoms with Crippen LogP contribution in [0.1, 0.15) is 18.2 Å². The van der Waals surface area contributed by atoms with Crippen LogP contribution in [0, 0.1) is 6.92 Å². The summed E-state index contributed by atoms with van der Waals surface area (Å²) in [4.78, 5) is 19.0. The first kappa shape index (κ1) is 21.0. The van der Waals surface area contributed by atoms with Crippen LogP contribution in [0.4, 0.5) is 0 Å². The Morgan fingerprint density at radius 1 is 1.27 bits per heavy atom. The summed E-state index contributed by atoms with van der Waals surface area (Å²) in [5.74, 6) is 1.44. The van der Waals surface area contributed by atoms with Gasteiger partial charge >= 0.3 is 0 Å². The van der Waals surface area contributed by atoms with Gasteiger partial charge in [-0.1, -0.05) is 41.6 Å². The van der Waals surface area contributed by atoms with Crippen molar-refractivity contribution in [2.75, 3.05) is 13.7 Å². The van der Waals surface area contributed by atoms with Crippen molar-refractivity contribution in [2.45, 2.75) is 30.8 Å². The Kier molecular flexibility index (Phi) is 6.52. The summed E-state index contributed by atoms with van der Waals surface area (Å²) in [6.07, 6.45) is 0.697. The third kappa shape index (κ3) is 4.29. The largest absolute Gasteiger partial charge is 0.425 e. The Morgan fingerprint density at radius 3 is 2.83 bits per heavy atom. The zero-order valence-corrected chi connectivity index (χ0v) is 18.8. The van der Waals surface area contributed by atoms with Crippen LogP contribution in [0.5, 0.6) is 0 Å². The fourth-order valence-corrected chi connectivity index (χ4v) is 5.16. The van der Waals surface area contributed by atoms with Gasteiger partial charge < -0.3 is 9.15 Å². The SMILES string of the molecule is COCCCn1c(SCc2nnc(C)o2)nc2scc(-c3ccccc3Cl)c2c1=O. The Labute approximate surface area is 186 Å². The molecule has 4 rings (SSSR count). The van der Waals surface area contributed by atoms with Gasteiger partial charge in [-0.15, -0.1) is 21.5 Å². The van der Waals surface area contributed by atoms with E-state index in [-0.39, 0.29) is 5.56 Å². The lowest BCUT2D eigenvalue weighted by Crippen LogP contribution is -2.24. The van der Waals surface area contributed by atoms with Crippen LogP contribution in [0.15, 0.2) is 44.0 Å². The lowest BCUT2D eigenvalue weighted by molar-refractivity contribution is 0.189. The van der Waals surface area contributed by atoms with E-state index < -0.39 is 0 Å². The first-order valence-electron chi connectivity index (χ1n) is 9.26. The molecule has 1 aromatic carbocycles. The fourth-order valence-electron chi connectivity index (χ4n) is 3.08. The number of hydrogen-bond donors (Lipinski definition) is 0. The summed E-state index contributed by atoms with van der Waals surface area (Å²) < 4.78 is 12.3. The first-order valence-corrected chi connectivity index (χ1v) is 11.5. The topological polar surface area (TPSA) is 83.0 Å². The van der Waals surface area contributed by atoms with E-state index >= 15 is 0 Å². The van der Waals surface area contributed by atoms with Crippen LogP contribution in [-0.4, -0.2) is 33.5 Å². The van der Waals surface area contributed by atoms with E-state index in [1.165, 1.54) is 23.1 Å². The zero-order chi connectivity index (χ0) is 21.1. The predicted molar refractivity (Wildman–Crippen MR) is 119 cm³/mol. The summed E-state index contributed by atoms with van der Waals surface area (Å²) in [6.45, 7) is 2.80. The number of methoxy groups -OCH3 is 1. The fraction of sp³-hybridized carbons (Fsp3) is 0.300. The van der Waals surface area contributed by atoms with Crippen molar-refractivity contribution in [3.05, 3.63) is 56.8 Å². The highest BCUT2D eigenvalue weighted by Gasteiger charge is 2.19. The van der Waals surface area contributed by atoms with Crippen LogP contribution in [-0.2, 0) is 17.0 Å². The third-order valence-electron chi connectivity index (χ3n) is 4.45. The van der Waals surface area contributed by atoms with Crippen LogP contribution >= 0.6 is 34.7 Å². The Bertz CT molecular complexity index is 1230. The maximum absolute atomic E-state index is 13.5. The highest BCUT2D eigenvalue weighted by Crippen LogP contribution is 2.36. The zero-order valence-electron chi connectivity index (χ0n) is 16.4. The van der Waals surface area contributed by atoms with E-state index in [4.69, 9.17) is 25.7 Å². The summed E-state index contributed by atoms with van der Waals surface area (Å²) >= 11 is 9.23. The molecule has 0 amide bonds. The number of ether oxygens (including phenoxy) is 1. The van der Waals surface area contributed by atoms with Crippen LogP contribution < -0.4 is 5.56 Å². The second-order valence-electron chi connectivity index (χ2n) is 6.51. The summed E-state index contributed by atoms with van der Waals surface area (Å²) in [5, 5.41) is 11.6. The molecule has 30 heavy (non-hydrogen) atoms. The van der Waals surface area contributed by atoms with Gasteiger partial charge in [-0.3, -0.25) is 9.36 Å². The third-order valence-corrected chi connectivity index (χ3v) is 6.61. The van der Waals surface area contributed by atoms with Crippen LogP contribution in [0.25, 0.3) is 21.3 Å². The number of thioether (sulfide) groups is 1. The van der Waals surface area contributed by atoms with E-state index in [0.717, 1.165) is 11.1 Å². The molecule has 10 heteroatoms. The van der Waals surface area contributed by atoms with Crippen molar-refractivity contribution in [3.8, 4) is 11.1 Å². The molecule has 0 spiro atoms. The maximum atomic E-state index is 13.5. The maximum Gasteiger partial charge on any atom is 0.263 e. The number of halogens is 1. The van der Waals surface area contributed by atoms with Crippen molar-refractivity contribution in [1.82, 2.24) is 19.7 Å². The lowest BCUT2D eigenvalue weighted by atomic mass is 10.1. The van der Waals surface area contributed by atoms with Gasteiger partial charge in [0.1, 0.15) is 4.83 Å². The number of aryl methyl sites for hydroxylation is 1. The van der Waals surface area contributed by atoms with Gasteiger partial charge in [-0.25, -0.2) is 4.98 Å². The molecule has 4 aromatic rings. The standard InChI is InChI=1S/C20H19ClN4O3S2/c1-12-23-24-16(28-12)11-30-20-22-18-17(19(26)25(20)8-5-9-27-2)14(10-29-18)13-6-3-4-7-15(13)21/h3-4,6-7,10H,5,8-9,11H2,1-2H3. The predicted octanol–water partition coefficient (Wildman–Crippen LogP) is 4.80. The van der Waals surface area contributed by atoms with E-state index in [0.29, 0.717) is 57.5 Å². The molecule has 3 aromatic heterocycles. The molecule has 0 aliphatic heterocycles. The molecule has 7 nitrogen and oxygen atoms in total. The van der Waals surface area contributed by atoms with Crippen molar-refractivity contribution >= 4 is 44.9 Å². The monoisotopic (exact) mass is 462 g/mol. The van der Waals surface area contributed by atoms with Gasteiger partial charge in [0.25, 0.3) is 5.56 Å². The molecule has 0 atom stereocenters. The molecule has 0 N–H and O–H groups in total. The van der Waals surface area contributed by atoms with Gasteiger partial charge in [0.15, 0.2) is 5.16 Å². The average molecular weight is 463 g/mol. The van der Waals surface area contributed by atoms with Crippen LogP contribution in [0.2, 0.25) is 5.02 Å². The van der Waals surface area contributed by atoms with E-state index in [2.05, 4.69) is 10.2 Å². The molecule has 0 fully saturated rings. The molecule has 0 saturated carbocycles. The minimum atomic E-state index is -0.0866. The lowest BCUT2D eigenvalue weighted by Gasteiger charge is -2.12. The summed E-state index contributed by atoms with van der Waals surface area (Å²) in [6, 6.07) is 7.52. The second kappa shape index (κ2) is 9.30. The number of hydrogen-bond acceptors (Lipinski definition) is 8. The van der Waals surface area contributed by atoms with Crippen molar-refractivity contribution in [3.63, 3.8) is 0 Å². The summed E-state index contributed by atoms with van der Waals surface area (Å²) in [5.41, 5.74) is 1.55. The van der Waals surface area contributed by atoms with Crippen molar-refractivity contribution in [2.24, 2.45) is 0 Å². The normalized spacial score (nSPS) is 11.4. The molecule has 0 radical (unpaired) electrons. The molecular weight excluding hydrogens is 444 g/mol. The molecule has 0 aliphatic rings. The number of benzene rings is 1.